The molecule has 2 N–H and O–H groups in total. The number of nitrogen functional groups attached to an aromatic ring is 1. The fraction of sp³-hybridized carbons (Fsp3) is 0.0714. The van der Waals surface area contributed by atoms with Crippen molar-refractivity contribution in [3.8, 4) is 11.3 Å². The van der Waals surface area contributed by atoms with Crippen molar-refractivity contribution >= 4 is 11.3 Å². The van der Waals surface area contributed by atoms with E-state index in [1.165, 1.54) is 12.1 Å². The molecule has 3 rings (SSSR count). The monoisotopic (exact) mass is 277 g/mol. The van der Waals surface area contributed by atoms with Crippen LogP contribution in [-0.4, -0.2) is 9.38 Å². The summed E-state index contributed by atoms with van der Waals surface area (Å²) in [6.45, 7) is 0. The zero-order valence-corrected chi connectivity index (χ0v) is 10.2. The molecule has 102 valence electrons. The topological polar surface area (TPSA) is 43.3 Å². The van der Waals surface area contributed by atoms with Crippen LogP contribution in [0.4, 0.5) is 18.9 Å². The lowest BCUT2D eigenvalue weighted by atomic mass is 10.1. The molecule has 0 unspecified atom stereocenters. The van der Waals surface area contributed by atoms with Crippen molar-refractivity contribution in [1.29, 1.82) is 0 Å². The number of alkyl halides is 3. The van der Waals surface area contributed by atoms with Gasteiger partial charge >= 0.3 is 6.18 Å². The summed E-state index contributed by atoms with van der Waals surface area (Å²) < 4.78 is 39.2. The Hall–Kier alpha value is -2.50. The van der Waals surface area contributed by atoms with Crippen molar-refractivity contribution in [2.75, 3.05) is 5.73 Å². The van der Waals surface area contributed by atoms with Crippen LogP contribution >= 0.6 is 0 Å². The van der Waals surface area contributed by atoms with E-state index in [4.69, 9.17) is 5.73 Å². The number of fused-ring (bicyclic) bond motifs is 1. The van der Waals surface area contributed by atoms with Crippen LogP contribution < -0.4 is 5.73 Å². The molecule has 0 amide bonds. The lowest BCUT2D eigenvalue weighted by Gasteiger charge is -2.06. The minimum atomic E-state index is -4.33. The first-order chi connectivity index (χ1) is 9.43. The predicted molar refractivity (Wildman–Crippen MR) is 70.0 cm³/mol. The maximum Gasteiger partial charge on any atom is 0.416 e. The van der Waals surface area contributed by atoms with E-state index in [9.17, 15) is 13.2 Å². The first kappa shape index (κ1) is 12.5. The van der Waals surface area contributed by atoms with Gasteiger partial charge in [-0.05, 0) is 24.3 Å². The smallest absolute Gasteiger partial charge is 0.398 e. The number of nitrogens with two attached hydrogens (primary N) is 1. The summed E-state index contributed by atoms with van der Waals surface area (Å²) >= 11 is 0. The van der Waals surface area contributed by atoms with Gasteiger partial charge in [0.15, 0.2) is 0 Å². The van der Waals surface area contributed by atoms with E-state index in [1.54, 1.807) is 28.9 Å². The van der Waals surface area contributed by atoms with Gasteiger partial charge in [0.2, 0.25) is 0 Å². The summed E-state index contributed by atoms with van der Waals surface area (Å²) in [5, 5.41) is 0. The van der Waals surface area contributed by atoms with Crippen LogP contribution in [0, 0.1) is 0 Å². The Bertz CT molecular complexity index is 757. The number of pyridine rings is 1. The van der Waals surface area contributed by atoms with E-state index in [2.05, 4.69) is 4.98 Å². The largest absolute Gasteiger partial charge is 0.416 e. The zero-order chi connectivity index (χ0) is 14.3. The second kappa shape index (κ2) is 4.26. The van der Waals surface area contributed by atoms with Crippen molar-refractivity contribution in [1.82, 2.24) is 9.38 Å². The first-order valence-corrected chi connectivity index (χ1v) is 5.85. The minimum absolute atomic E-state index is 0.592. The Morgan fingerprint density at radius 2 is 1.65 bits per heavy atom. The fourth-order valence-corrected chi connectivity index (χ4v) is 1.98. The molecule has 20 heavy (non-hydrogen) atoms. The number of imidazole rings is 1. The minimum Gasteiger partial charge on any atom is -0.398 e. The molecule has 0 radical (unpaired) electrons. The molecule has 3 aromatic rings. The normalized spacial score (nSPS) is 11.9. The molecule has 2 heterocycles. The van der Waals surface area contributed by atoms with Crippen molar-refractivity contribution in [3.63, 3.8) is 0 Å². The van der Waals surface area contributed by atoms with Crippen LogP contribution in [0.5, 0.6) is 0 Å². The highest BCUT2D eigenvalue weighted by Crippen LogP contribution is 2.30. The third-order valence-electron chi connectivity index (χ3n) is 2.98. The first-order valence-electron chi connectivity index (χ1n) is 5.85. The van der Waals surface area contributed by atoms with Gasteiger partial charge in [-0.15, -0.1) is 0 Å². The van der Waals surface area contributed by atoms with Crippen LogP contribution in [-0.2, 0) is 6.18 Å². The van der Waals surface area contributed by atoms with Gasteiger partial charge in [-0.3, -0.25) is 0 Å². The Labute approximate surface area is 112 Å². The average Bonchev–Trinajstić information content (AvgIpc) is 2.80. The summed E-state index contributed by atoms with van der Waals surface area (Å²) in [5.74, 6) is 0. The molecule has 0 saturated carbocycles. The van der Waals surface area contributed by atoms with Crippen LogP contribution in [0.3, 0.4) is 0 Å². The zero-order valence-electron chi connectivity index (χ0n) is 10.2. The van der Waals surface area contributed by atoms with E-state index < -0.39 is 11.7 Å². The Kier molecular flexibility index (Phi) is 2.67. The SMILES string of the molecule is Nc1ccc2nc(-c3ccc(C(F)(F)F)cc3)cn2c1. The van der Waals surface area contributed by atoms with Gasteiger partial charge in [0.1, 0.15) is 5.65 Å². The van der Waals surface area contributed by atoms with Gasteiger partial charge in [-0.25, -0.2) is 4.98 Å². The van der Waals surface area contributed by atoms with Gasteiger partial charge in [0.25, 0.3) is 0 Å². The fourth-order valence-electron chi connectivity index (χ4n) is 1.98. The molecule has 0 saturated heterocycles. The number of anilines is 1. The van der Waals surface area contributed by atoms with Crippen molar-refractivity contribution < 1.29 is 13.2 Å². The van der Waals surface area contributed by atoms with Crippen LogP contribution in [0.25, 0.3) is 16.9 Å². The van der Waals surface area contributed by atoms with Gasteiger partial charge in [0, 0.05) is 23.6 Å². The summed E-state index contributed by atoms with van der Waals surface area (Å²) in [7, 11) is 0. The van der Waals surface area contributed by atoms with E-state index >= 15 is 0 Å². The quantitative estimate of drug-likeness (QED) is 0.738. The molecule has 0 aliphatic carbocycles. The number of rotatable bonds is 1. The molecule has 0 spiro atoms. The summed E-state index contributed by atoms with van der Waals surface area (Å²) in [6, 6.07) is 8.39. The molecule has 0 aliphatic rings. The second-order valence-corrected chi connectivity index (χ2v) is 4.43. The number of nitrogens with zero attached hydrogens (tertiary/aromatic N) is 2. The van der Waals surface area contributed by atoms with Crippen molar-refractivity contribution in [3.05, 3.63) is 54.4 Å². The molecule has 2 aromatic heterocycles. The lowest BCUT2D eigenvalue weighted by molar-refractivity contribution is -0.137. The number of halogens is 3. The Morgan fingerprint density at radius 3 is 2.30 bits per heavy atom. The van der Waals surface area contributed by atoms with Gasteiger partial charge in [0.05, 0.1) is 11.3 Å². The van der Waals surface area contributed by atoms with Gasteiger partial charge in [-0.2, -0.15) is 13.2 Å². The highest BCUT2D eigenvalue weighted by atomic mass is 19.4. The van der Waals surface area contributed by atoms with Gasteiger partial charge < -0.3 is 10.1 Å². The lowest BCUT2D eigenvalue weighted by Crippen LogP contribution is -2.03. The number of hydrogen-bond acceptors (Lipinski definition) is 2. The summed E-state index contributed by atoms with van der Waals surface area (Å²) in [4.78, 5) is 4.34. The average molecular weight is 277 g/mol. The van der Waals surface area contributed by atoms with Crippen molar-refractivity contribution in [2.24, 2.45) is 0 Å². The molecule has 6 heteroatoms. The molecular weight excluding hydrogens is 267 g/mol. The van der Waals surface area contributed by atoms with E-state index in [-0.39, 0.29) is 0 Å². The Balaban J connectivity index is 2.02. The van der Waals surface area contributed by atoms with Crippen LogP contribution in [0.15, 0.2) is 48.8 Å². The summed E-state index contributed by atoms with van der Waals surface area (Å²) in [6.07, 6.45) is -0.893. The maximum atomic E-state index is 12.5. The standard InChI is InChI=1S/C14H10F3N3/c15-14(16,17)10-3-1-9(2-4-10)12-8-20-7-11(18)5-6-13(20)19-12/h1-8H,18H2. The number of hydrogen-bond donors (Lipinski definition) is 1. The molecule has 3 nitrogen and oxygen atoms in total. The summed E-state index contributed by atoms with van der Waals surface area (Å²) in [5.41, 5.74) is 7.50. The van der Waals surface area contributed by atoms with E-state index in [1.807, 2.05) is 0 Å². The third kappa shape index (κ3) is 2.20. The van der Waals surface area contributed by atoms with Crippen LogP contribution in [0.2, 0.25) is 0 Å². The molecular formula is C14H10F3N3. The van der Waals surface area contributed by atoms with Crippen molar-refractivity contribution in [2.45, 2.75) is 6.18 Å². The predicted octanol–water partition coefficient (Wildman–Crippen LogP) is 3.60. The molecule has 0 fully saturated rings. The highest BCUT2D eigenvalue weighted by molar-refractivity contribution is 5.63. The van der Waals surface area contributed by atoms with E-state index in [0.717, 1.165) is 12.1 Å². The van der Waals surface area contributed by atoms with Crippen LogP contribution in [0.1, 0.15) is 5.56 Å². The maximum absolute atomic E-state index is 12.5. The third-order valence-corrected chi connectivity index (χ3v) is 2.98. The van der Waals surface area contributed by atoms with Gasteiger partial charge in [-0.1, -0.05) is 12.1 Å². The Morgan fingerprint density at radius 1 is 0.950 bits per heavy atom. The number of aromatic nitrogens is 2. The highest BCUT2D eigenvalue weighted by Gasteiger charge is 2.30. The van der Waals surface area contributed by atoms with E-state index in [0.29, 0.717) is 22.6 Å². The molecule has 0 atom stereocenters. The molecule has 0 aliphatic heterocycles. The number of benzene rings is 1. The molecule has 1 aromatic carbocycles. The molecule has 0 bridgehead atoms. The second-order valence-electron chi connectivity index (χ2n) is 4.43.